The molecule has 1 fully saturated rings. The van der Waals surface area contributed by atoms with Gasteiger partial charge in [0.05, 0.1) is 12.5 Å². The van der Waals surface area contributed by atoms with Crippen LogP contribution in [-0.4, -0.2) is 35.0 Å². The third kappa shape index (κ3) is 2.01. The molecule has 0 saturated heterocycles. The number of rotatable bonds is 5. The third-order valence-electron chi connectivity index (χ3n) is 3.19. The van der Waals surface area contributed by atoms with Crippen LogP contribution < -0.4 is 0 Å². The lowest BCUT2D eigenvalue weighted by Gasteiger charge is -2.39. The minimum Gasteiger partial charge on any atom is -0.480 e. The largest absolute Gasteiger partial charge is 0.480 e. The molecule has 1 amide bonds. The van der Waals surface area contributed by atoms with E-state index in [9.17, 15) is 9.59 Å². The number of nitrogens with zero attached hydrogens (tertiary/aromatic N) is 2. The Kier molecular flexibility index (Phi) is 3.88. The van der Waals surface area contributed by atoms with Crippen molar-refractivity contribution in [2.75, 3.05) is 13.1 Å². The first kappa shape index (κ1) is 12.5. The highest BCUT2D eigenvalue weighted by Gasteiger charge is 2.52. The lowest BCUT2D eigenvalue weighted by molar-refractivity contribution is -0.167. The molecule has 1 saturated carbocycles. The quantitative estimate of drug-likeness (QED) is 0.706. The molecule has 88 valence electrons. The summed E-state index contributed by atoms with van der Waals surface area (Å²) in [5.74, 6) is -1.36. The van der Waals surface area contributed by atoms with Crippen molar-refractivity contribution in [2.24, 2.45) is 5.41 Å². The Labute approximate surface area is 94.7 Å². The topological polar surface area (TPSA) is 81.4 Å². The smallest absolute Gasteiger partial charge is 0.319 e. The zero-order chi connectivity index (χ0) is 12.2. The highest BCUT2D eigenvalue weighted by molar-refractivity contribution is 6.02. The van der Waals surface area contributed by atoms with Gasteiger partial charge in [-0.2, -0.15) is 5.26 Å². The van der Waals surface area contributed by atoms with Crippen LogP contribution in [0.3, 0.4) is 0 Å². The van der Waals surface area contributed by atoms with Crippen LogP contribution in [0.25, 0.3) is 0 Å². The van der Waals surface area contributed by atoms with Crippen molar-refractivity contribution in [1.82, 2.24) is 4.90 Å². The Morgan fingerprint density at radius 3 is 2.44 bits per heavy atom. The molecule has 16 heavy (non-hydrogen) atoms. The summed E-state index contributed by atoms with van der Waals surface area (Å²) in [5, 5.41) is 17.6. The number of carbonyl (C=O) groups is 2. The van der Waals surface area contributed by atoms with Gasteiger partial charge in [0.15, 0.2) is 0 Å². The molecule has 0 bridgehead atoms. The second-order valence-corrected chi connectivity index (χ2v) is 4.03. The van der Waals surface area contributed by atoms with Crippen molar-refractivity contribution in [3.8, 4) is 6.07 Å². The number of hydrogen-bond acceptors (Lipinski definition) is 3. The van der Waals surface area contributed by atoms with Gasteiger partial charge in [0.25, 0.3) is 0 Å². The Morgan fingerprint density at radius 2 is 2.12 bits per heavy atom. The van der Waals surface area contributed by atoms with Crippen molar-refractivity contribution >= 4 is 11.9 Å². The lowest BCUT2D eigenvalue weighted by atomic mass is 9.67. The number of nitriles is 1. The zero-order valence-electron chi connectivity index (χ0n) is 9.40. The van der Waals surface area contributed by atoms with E-state index >= 15 is 0 Å². The number of hydrogen-bond donors (Lipinski definition) is 1. The number of carboxylic acids is 1. The summed E-state index contributed by atoms with van der Waals surface area (Å²) in [7, 11) is 0. The Bertz CT molecular complexity index is 329. The second-order valence-electron chi connectivity index (χ2n) is 4.03. The van der Waals surface area contributed by atoms with Crippen molar-refractivity contribution in [1.29, 1.82) is 5.26 Å². The summed E-state index contributed by atoms with van der Waals surface area (Å²) < 4.78 is 0. The van der Waals surface area contributed by atoms with E-state index < -0.39 is 11.4 Å². The molecule has 0 aromatic heterocycles. The minimum absolute atomic E-state index is 0.245. The van der Waals surface area contributed by atoms with E-state index in [1.165, 1.54) is 4.90 Å². The molecule has 1 rings (SSSR count). The first-order valence-corrected chi connectivity index (χ1v) is 5.48. The van der Waals surface area contributed by atoms with Gasteiger partial charge in [-0.25, -0.2) is 0 Å². The number of aliphatic carboxylic acids is 1. The third-order valence-corrected chi connectivity index (χ3v) is 3.19. The maximum Gasteiger partial charge on any atom is 0.319 e. The van der Waals surface area contributed by atoms with E-state index in [1.807, 2.05) is 6.07 Å². The maximum absolute atomic E-state index is 12.1. The van der Waals surface area contributed by atoms with Gasteiger partial charge < -0.3 is 10.0 Å². The van der Waals surface area contributed by atoms with Gasteiger partial charge in [0.2, 0.25) is 5.91 Å². The van der Waals surface area contributed by atoms with Crippen LogP contribution in [-0.2, 0) is 9.59 Å². The van der Waals surface area contributed by atoms with E-state index in [0.29, 0.717) is 25.9 Å². The minimum atomic E-state index is -1.20. The second kappa shape index (κ2) is 4.97. The first-order chi connectivity index (χ1) is 7.58. The first-order valence-electron chi connectivity index (χ1n) is 5.48. The molecule has 0 aromatic rings. The van der Waals surface area contributed by atoms with E-state index in [2.05, 4.69) is 0 Å². The fourth-order valence-electron chi connectivity index (χ4n) is 1.94. The molecule has 0 aliphatic heterocycles. The van der Waals surface area contributed by atoms with Crippen molar-refractivity contribution in [3.05, 3.63) is 0 Å². The van der Waals surface area contributed by atoms with E-state index in [-0.39, 0.29) is 12.3 Å². The molecule has 1 aliphatic rings. The molecule has 5 nitrogen and oxygen atoms in total. The Morgan fingerprint density at radius 1 is 1.50 bits per heavy atom. The van der Waals surface area contributed by atoms with Crippen molar-refractivity contribution < 1.29 is 14.7 Å². The maximum atomic E-state index is 12.1. The molecular formula is C11H16N2O3. The van der Waals surface area contributed by atoms with Gasteiger partial charge in [-0.05, 0) is 19.8 Å². The fourth-order valence-corrected chi connectivity index (χ4v) is 1.94. The van der Waals surface area contributed by atoms with Crippen LogP contribution in [0.5, 0.6) is 0 Å². The number of carboxylic acid groups (broad SMARTS) is 1. The summed E-state index contributed by atoms with van der Waals surface area (Å²) in [4.78, 5) is 24.7. The van der Waals surface area contributed by atoms with Crippen LogP contribution in [0.4, 0.5) is 0 Å². The van der Waals surface area contributed by atoms with Gasteiger partial charge >= 0.3 is 5.97 Å². The average molecular weight is 224 g/mol. The summed E-state index contributed by atoms with van der Waals surface area (Å²) in [6.45, 7) is 2.57. The molecular weight excluding hydrogens is 208 g/mol. The molecule has 0 spiro atoms. The van der Waals surface area contributed by atoms with E-state index in [1.54, 1.807) is 6.92 Å². The van der Waals surface area contributed by atoms with Crippen LogP contribution in [0.15, 0.2) is 0 Å². The van der Waals surface area contributed by atoms with Crippen LogP contribution in [0, 0.1) is 16.7 Å². The Hall–Kier alpha value is -1.57. The monoisotopic (exact) mass is 224 g/mol. The molecule has 0 aromatic carbocycles. The summed E-state index contributed by atoms with van der Waals surface area (Å²) >= 11 is 0. The Balaban J connectivity index is 2.74. The molecule has 0 heterocycles. The molecule has 0 unspecified atom stereocenters. The predicted molar refractivity (Wildman–Crippen MR) is 56.4 cm³/mol. The van der Waals surface area contributed by atoms with Crippen molar-refractivity contribution in [3.63, 3.8) is 0 Å². The fraction of sp³-hybridized carbons (Fsp3) is 0.727. The number of carbonyl (C=O) groups excluding carboxylic acids is 1. The van der Waals surface area contributed by atoms with Crippen LogP contribution in [0.2, 0.25) is 0 Å². The van der Waals surface area contributed by atoms with Crippen LogP contribution in [0.1, 0.15) is 32.6 Å². The van der Waals surface area contributed by atoms with Gasteiger partial charge in [0, 0.05) is 13.1 Å². The SMILES string of the molecule is CCN(CCC#N)C(=O)C1(C(=O)O)CCC1. The normalized spacial score (nSPS) is 17.0. The summed E-state index contributed by atoms with van der Waals surface area (Å²) in [5.41, 5.74) is -1.20. The lowest BCUT2D eigenvalue weighted by Crippen LogP contribution is -2.52. The van der Waals surface area contributed by atoms with E-state index in [4.69, 9.17) is 10.4 Å². The molecule has 0 radical (unpaired) electrons. The summed E-state index contributed by atoms with van der Waals surface area (Å²) in [6.07, 6.45) is 1.87. The van der Waals surface area contributed by atoms with Gasteiger partial charge in [-0.15, -0.1) is 0 Å². The molecule has 1 aliphatic carbocycles. The summed E-state index contributed by atoms with van der Waals surface area (Å²) in [6, 6.07) is 1.96. The molecule has 5 heteroatoms. The van der Waals surface area contributed by atoms with E-state index in [0.717, 1.165) is 6.42 Å². The van der Waals surface area contributed by atoms with Crippen LogP contribution >= 0.6 is 0 Å². The zero-order valence-corrected chi connectivity index (χ0v) is 9.40. The van der Waals surface area contributed by atoms with Gasteiger partial charge in [-0.1, -0.05) is 6.42 Å². The molecule has 1 N–H and O–H groups in total. The number of amides is 1. The van der Waals surface area contributed by atoms with Crippen molar-refractivity contribution in [2.45, 2.75) is 32.6 Å². The van der Waals surface area contributed by atoms with Gasteiger partial charge in [-0.3, -0.25) is 9.59 Å². The molecule has 0 atom stereocenters. The highest BCUT2D eigenvalue weighted by atomic mass is 16.4. The average Bonchev–Trinajstić information content (AvgIpc) is 2.16. The highest BCUT2D eigenvalue weighted by Crippen LogP contribution is 2.42. The van der Waals surface area contributed by atoms with Gasteiger partial charge in [0.1, 0.15) is 5.41 Å². The standard InChI is InChI=1S/C11H16N2O3/c1-2-13(8-4-7-12)9(14)11(10(15)16)5-3-6-11/h2-6,8H2,1H3,(H,15,16). The predicted octanol–water partition coefficient (Wildman–Crippen LogP) is 1.00.